The molecule has 5 nitrogen and oxygen atoms in total. The molecular formula is C15H26BrN5. The monoisotopic (exact) mass is 355 g/mol. The number of aromatic nitrogens is 2. The average molecular weight is 356 g/mol. The molecule has 0 aliphatic carbocycles. The standard InChI is InChI=1S/C15H26BrN5/c1-5-6-12-14(16)15(17-2)19-13(18-12)9-11-10-20(3)7-8-21(11)4/h11H,5-10H2,1-4H3,(H,17,18,19). The first-order valence-corrected chi connectivity index (χ1v) is 8.46. The second-order valence-corrected chi connectivity index (χ2v) is 6.64. The van der Waals surface area contributed by atoms with Crippen molar-refractivity contribution in [2.24, 2.45) is 0 Å². The van der Waals surface area contributed by atoms with Crippen LogP contribution in [0.1, 0.15) is 24.9 Å². The third kappa shape index (κ3) is 4.14. The SMILES string of the molecule is CCCc1nc(CC2CN(C)CCN2C)nc(NC)c1Br. The molecule has 0 spiro atoms. The lowest BCUT2D eigenvalue weighted by Gasteiger charge is -2.37. The minimum atomic E-state index is 0.490. The second-order valence-electron chi connectivity index (χ2n) is 5.85. The van der Waals surface area contributed by atoms with E-state index in [1.165, 1.54) is 0 Å². The van der Waals surface area contributed by atoms with Gasteiger partial charge in [0.25, 0.3) is 0 Å². The van der Waals surface area contributed by atoms with Crippen LogP contribution in [-0.4, -0.2) is 66.6 Å². The van der Waals surface area contributed by atoms with E-state index in [0.29, 0.717) is 6.04 Å². The average Bonchev–Trinajstić information content (AvgIpc) is 2.46. The summed E-state index contributed by atoms with van der Waals surface area (Å²) >= 11 is 3.62. The Labute approximate surface area is 136 Å². The number of halogens is 1. The lowest BCUT2D eigenvalue weighted by molar-refractivity contribution is 0.113. The first-order chi connectivity index (χ1) is 10.0. The van der Waals surface area contributed by atoms with Gasteiger partial charge in [-0.15, -0.1) is 0 Å². The number of hydrogen-bond acceptors (Lipinski definition) is 5. The van der Waals surface area contributed by atoms with Crippen LogP contribution < -0.4 is 5.32 Å². The molecule has 1 fully saturated rings. The minimum absolute atomic E-state index is 0.490. The summed E-state index contributed by atoms with van der Waals surface area (Å²) in [6.07, 6.45) is 2.97. The number of aryl methyl sites for hydroxylation is 1. The molecule has 2 rings (SSSR count). The predicted octanol–water partition coefficient (Wildman–Crippen LogP) is 2.02. The van der Waals surface area contributed by atoms with E-state index in [0.717, 1.165) is 60.7 Å². The van der Waals surface area contributed by atoms with Crippen molar-refractivity contribution in [1.82, 2.24) is 19.8 Å². The van der Waals surface area contributed by atoms with Crippen LogP contribution in [0.2, 0.25) is 0 Å². The van der Waals surface area contributed by atoms with E-state index >= 15 is 0 Å². The molecule has 1 unspecified atom stereocenters. The van der Waals surface area contributed by atoms with Crippen molar-refractivity contribution < 1.29 is 0 Å². The maximum absolute atomic E-state index is 4.78. The van der Waals surface area contributed by atoms with E-state index in [4.69, 9.17) is 4.98 Å². The van der Waals surface area contributed by atoms with Gasteiger partial charge in [0.1, 0.15) is 11.6 Å². The van der Waals surface area contributed by atoms with Gasteiger partial charge in [0.15, 0.2) is 0 Å². The molecule has 1 aromatic heterocycles. The molecular weight excluding hydrogens is 330 g/mol. The van der Waals surface area contributed by atoms with Crippen LogP contribution in [-0.2, 0) is 12.8 Å². The Kier molecular flexibility index (Phi) is 5.96. The van der Waals surface area contributed by atoms with Gasteiger partial charge in [0.2, 0.25) is 0 Å². The van der Waals surface area contributed by atoms with Gasteiger partial charge in [-0.1, -0.05) is 13.3 Å². The summed E-state index contributed by atoms with van der Waals surface area (Å²) in [5.41, 5.74) is 1.11. The van der Waals surface area contributed by atoms with Crippen LogP contribution in [0.3, 0.4) is 0 Å². The molecule has 1 N–H and O–H groups in total. The van der Waals surface area contributed by atoms with Gasteiger partial charge in [-0.25, -0.2) is 9.97 Å². The van der Waals surface area contributed by atoms with Crippen LogP contribution in [0.4, 0.5) is 5.82 Å². The van der Waals surface area contributed by atoms with E-state index in [1.54, 1.807) is 0 Å². The van der Waals surface area contributed by atoms with Crippen LogP contribution >= 0.6 is 15.9 Å². The van der Waals surface area contributed by atoms with Crippen LogP contribution in [0.25, 0.3) is 0 Å². The van der Waals surface area contributed by atoms with Crippen molar-refractivity contribution in [3.8, 4) is 0 Å². The Morgan fingerprint density at radius 3 is 2.71 bits per heavy atom. The molecule has 6 heteroatoms. The van der Waals surface area contributed by atoms with Crippen molar-refractivity contribution in [2.45, 2.75) is 32.2 Å². The summed E-state index contributed by atoms with van der Waals surface area (Å²) in [5.74, 6) is 1.84. The molecule has 1 saturated heterocycles. The van der Waals surface area contributed by atoms with E-state index in [-0.39, 0.29) is 0 Å². The Morgan fingerprint density at radius 2 is 2.05 bits per heavy atom. The van der Waals surface area contributed by atoms with Gasteiger partial charge in [0, 0.05) is 39.1 Å². The van der Waals surface area contributed by atoms with Crippen molar-refractivity contribution in [3.63, 3.8) is 0 Å². The molecule has 1 aliphatic heterocycles. The third-order valence-electron chi connectivity index (χ3n) is 4.09. The highest BCUT2D eigenvalue weighted by atomic mass is 79.9. The maximum atomic E-state index is 4.78. The summed E-state index contributed by atoms with van der Waals surface area (Å²) in [7, 11) is 6.29. The summed E-state index contributed by atoms with van der Waals surface area (Å²) in [4.78, 5) is 14.3. The largest absolute Gasteiger partial charge is 0.372 e. The molecule has 1 aliphatic rings. The fourth-order valence-corrected chi connectivity index (χ4v) is 3.31. The maximum Gasteiger partial charge on any atom is 0.144 e. The number of likely N-dealkylation sites (N-methyl/N-ethyl adjacent to an activating group) is 2. The van der Waals surface area contributed by atoms with E-state index in [2.05, 4.69) is 57.0 Å². The number of rotatable bonds is 5. The zero-order valence-electron chi connectivity index (χ0n) is 13.5. The quantitative estimate of drug-likeness (QED) is 0.875. The summed E-state index contributed by atoms with van der Waals surface area (Å²) < 4.78 is 1.00. The highest BCUT2D eigenvalue weighted by Gasteiger charge is 2.24. The number of anilines is 1. The minimum Gasteiger partial charge on any atom is -0.372 e. The smallest absolute Gasteiger partial charge is 0.144 e. The first-order valence-electron chi connectivity index (χ1n) is 7.67. The summed E-state index contributed by atoms with van der Waals surface area (Å²) in [6, 6.07) is 0.490. The van der Waals surface area contributed by atoms with Crippen LogP contribution in [0.5, 0.6) is 0 Å². The van der Waals surface area contributed by atoms with Crippen molar-refractivity contribution in [1.29, 1.82) is 0 Å². The number of nitrogens with zero attached hydrogens (tertiary/aromatic N) is 4. The number of piperazine rings is 1. The Bertz CT molecular complexity index is 479. The summed E-state index contributed by atoms with van der Waals surface area (Å²) in [5, 5.41) is 3.17. The van der Waals surface area contributed by atoms with Crippen LogP contribution in [0.15, 0.2) is 4.47 Å². The lowest BCUT2D eigenvalue weighted by atomic mass is 10.1. The first kappa shape index (κ1) is 16.6. The molecule has 1 atom stereocenters. The van der Waals surface area contributed by atoms with Crippen LogP contribution in [0, 0.1) is 0 Å². The molecule has 21 heavy (non-hydrogen) atoms. The third-order valence-corrected chi connectivity index (χ3v) is 4.92. The van der Waals surface area contributed by atoms with Gasteiger partial charge in [-0.05, 0) is 36.4 Å². The fourth-order valence-electron chi connectivity index (χ4n) is 2.74. The van der Waals surface area contributed by atoms with Crippen molar-refractivity contribution in [3.05, 3.63) is 16.0 Å². The van der Waals surface area contributed by atoms with Gasteiger partial charge < -0.3 is 15.1 Å². The lowest BCUT2D eigenvalue weighted by Crippen LogP contribution is -2.51. The molecule has 0 radical (unpaired) electrons. The molecule has 0 saturated carbocycles. The summed E-state index contributed by atoms with van der Waals surface area (Å²) in [6.45, 7) is 5.50. The molecule has 0 amide bonds. The van der Waals surface area contributed by atoms with E-state index in [9.17, 15) is 0 Å². The van der Waals surface area contributed by atoms with Gasteiger partial charge in [0.05, 0.1) is 10.2 Å². The Balaban J connectivity index is 2.20. The highest BCUT2D eigenvalue weighted by molar-refractivity contribution is 9.10. The zero-order valence-corrected chi connectivity index (χ0v) is 15.1. The zero-order chi connectivity index (χ0) is 15.4. The number of hydrogen-bond donors (Lipinski definition) is 1. The van der Waals surface area contributed by atoms with Gasteiger partial charge in [-0.2, -0.15) is 0 Å². The Morgan fingerprint density at radius 1 is 1.29 bits per heavy atom. The van der Waals surface area contributed by atoms with Gasteiger partial charge >= 0.3 is 0 Å². The van der Waals surface area contributed by atoms with E-state index in [1.807, 2.05) is 7.05 Å². The predicted molar refractivity (Wildman–Crippen MR) is 90.9 cm³/mol. The highest BCUT2D eigenvalue weighted by Crippen LogP contribution is 2.25. The molecule has 2 heterocycles. The van der Waals surface area contributed by atoms with Crippen molar-refractivity contribution in [2.75, 3.05) is 46.1 Å². The Hall–Kier alpha value is -0.720. The van der Waals surface area contributed by atoms with Gasteiger partial charge in [-0.3, -0.25) is 0 Å². The molecule has 118 valence electrons. The number of nitrogens with one attached hydrogen (secondary N) is 1. The molecule has 0 bridgehead atoms. The molecule has 0 aromatic carbocycles. The van der Waals surface area contributed by atoms with E-state index < -0.39 is 0 Å². The fraction of sp³-hybridized carbons (Fsp3) is 0.733. The molecule has 1 aromatic rings. The second kappa shape index (κ2) is 7.51. The topological polar surface area (TPSA) is 44.3 Å². The normalized spacial score (nSPS) is 20.7. The van der Waals surface area contributed by atoms with Crippen molar-refractivity contribution >= 4 is 21.7 Å².